The van der Waals surface area contributed by atoms with Gasteiger partial charge in [0.1, 0.15) is 24.5 Å². The normalized spacial score (nSPS) is 21.4. The molecule has 0 unspecified atom stereocenters. The van der Waals surface area contributed by atoms with Crippen LogP contribution in [0.4, 0.5) is 5.69 Å². The van der Waals surface area contributed by atoms with E-state index in [1.54, 1.807) is 6.26 Å². The molecule has 3 aliphatic heterocycles. The maximum absolute atomic E-state index is 6.86. The highest BCUT2D eigenvalue weighted by Crippen LogP contribution is 2.41. The summed E-state index contributed by atoms with van der Waals surface area (Å²) in [4.78, 5) is 8.93. The Bertz CT molecular complexity index is 869. The second-order valence-corrected chi connectivity index (χ2v) is 9.21. The molecule has 156 valence electrons. The molecule has 0 aliphatic carbocycles. The second-order valence-electron chi connectivity index (χ2n) is 8.83. The van der Waals surface area contributed by atoms with Crippen molar-refractivity contribution in [2.24, 2.45) is 4.99 Å². The number of nitrogens with one attached hydrogen (secondary N) is 1. The zero-order chi connectivity index (χ0) is 21.0. The van der Waals surface area contributed by atoms with Gasteiger partial charge in [-0.15, -0.1) is 0 Å². The highest BCUT2D eigenvalue weighted by Gasteiger charge is 2.52. The van der Waals surface area contributed by atoms with Gasteiger partial charge in [0, 0.05) is 24.8 Å². The van der Waals surface area contributed by atoms with E-state index in [-0.39, 0.29) is 0 Å². The Balaban J connectivity index is 1.75. The predicted octanol–water partition coefficient (Wildman–Crippen LogP) is 2.50. The van der Waals surface area contributed by atoms with Gasteiger partial charge in [0.25, 0.3) is 0 Å². The van der Waals surface area contributed by atoms with Crippen LogP contribution in [0.1, 0.15) is 33.3 Å². The minimum absolute atomic E-state index is 0.445. The molecule has 1 aromatic carbocycles. The number of ether oxygens (including phenoxy) is 1. The van der Waals surface area contributed by atoms with Crippen LogP contribution in [0.25, 0.3) is 0 Å². The average Bonchev–Trinajstić information content (AvgIpc) is 2.77. The topological polar surface area (TPSA) is 58.6 Å². The first-order valence-electron chi connectivity index (χ1n) is 9.86. The number of rotatable bonds is 4. The van der Waals surface area contributed by atoms with Crippen LogP contribution < -0.4 is 15.5 Å². The summed E-state index contributed by atoms with van der Waals surface area (Å²) in [7, 11) is 3.53. The number of halogens is 1. The molecule has 0 atom stereocenters. The fraction of sp³-hybridized carbons (Fsp3) is 0.550. The molecule has 4 rings (SSSR count). The van der Waals surface area contributed by atoms with Crippen LogP contribution in [0.3, 0.4) is 0 Å². The van der Waals surface area contributed by atoms with Crippen molar-refractivity contribution in [1.82, 2.24) is 9.80 Å². The second kappa shape index (κ2) is 7.20. The van der Waals surface area contributed by atoms with Gasteiger partial charge in [0.05, 0.1) is 27.5 Å². The summed E-state index contributed by atoms with van der Waals surface area (Å²) in [6, 6.07) is 1.91. The fourth-order valence-corrected chi connectivity index (χ4v) is 3.82. The van der Waals surface area contributed by atoms with Gasteiger partial charge in [-0.2, -0.15) is 0 Å². The number of benzene rings is 1. The molecule has 0 bridgehead atoms. The van der Waals surface area contributed by atoms with Gasteiger partial charge in [-0.3, -0.25) is 0 Å². The molecule has 1 aromatic rings. The van der Waals surface area contributed by atoms with Crippen molar-refractivity contribution in [3.63, 3.8) is 0 Å². The van der Waals surface area contributed by atoms with E-state index < -0.39 is 18.3 Å². The molecule has 0 aromatic heterocycles. The van der Waals surface area contributed by atoms with Gasteiger partial charge in [0.15, 0.2) is 0 Å². The summed E-state index contributed by atoms with van der Waals surface area (Å²) < 4.78 is 18.4. The number of amidine groups is 1. The molecule has 0 spiro atoms. The Kier molecular flexibility index (Phi) is 5.10. The lowest BCUT2D eigenvalue weighted by Crippen LogP contribution is -2.41. The molecule has 0 amide bonds. The van der Waals surface area contributed by atoms with E-state index in [0.29, 0.717) is 17.4 Å². The zero-order valence-corrected chi connectivity index (χ0v) is 18.6. The van der Waals surface area contributed by atoms with Gasteiger partial charge < -0.3 is 29.2 Å². The molecule has 1 fully saturated rings. The van der Waals surface area contributed by atoms with E-state index in [1.165, 1.54) is 0 Å². The largest absolute Gasteiger partial charge is 0.496 e. The Morgan fingerprint density at radius 2 is 1.93 bits per heavy atom. The zero-order valence-electron chi connectivity index (χ0n) is 17.9. The average molecular weight is 419 g/mol. The smallest absolute Gasteiger partial charge is 0.463 e. The summed E-state index contributed by atoms with van der Waals surface area (Å²) in [5.41, 5.74) is 1.52. The summed E-state index contributed by atoms with van der Waals surface area (Å²) in [6.07, 6.45) is 3.60. The number of likely N-dealkylation sites (N-methyl/N-ethyl adjacent to an activating group) is 1. The van der Waals surface area contributed by atoms with E-state index in [1.807, 2.05) is 40.0 Å². The van der Waals surface area contributed by atoms with Gasteiger partial charge in [-0.25, -0.2) is 4.99 Å². The first kappa shape index (κ1) is 20.5. The van der Waals surface area contributed by atoms with Crippen LogP contribution in [0.5, 0.6) is 5.75 Å². The maximum atomic E-state index is 6.86. The molecule has 3 heterocycles. The van der Waals surface area contributed by atoms with E-state index in [2.05, 4.69) is 29.2 Å². The molecule has 1 saturated heterocycles. The van der Waals surface area contributed by atoms with Crippen molar-refractivity contribution in [3.05, 3.63) is 29.1 Å². The van der Waals surface area contributed by atoms with E-state index in [0.717, 1.165) is 35.6 Å². The highest BCUT2D eigenvalue weighted by molar-refractivity contribution is 6.66. The molecule has 9 heteroatoms. The van der Waals surface area contributed by atoms with Crippen molar-refractivity contribution in [1.29, 1.82) is 0 Å². The van der Waals surface area contributed by atoms with Crippen LogP contribution in [-0.4, -0.2) is 67.8 Å². The van der Waals surface area contributed by atoms with Crippen LogP contribution in [0, 0.1) is 0 Å². The van der Waals surface area contributed by atoms with Gasteiger partial charge in [-0.1, -0.05) is 11.6 Å². The summed E-state index contributed by atoms with van der Waals surface area (Å²) in [6.45, 7) is 10.2. The summed E-state index contributed by atoms with van der Waals surface area (Å²) in [5, 5.41) is 3.89. The third-order valence-electron chi connectivity index (χ3n) is 5.97. The molecule has 1 N–H and O–H groups in total. The van der Waals surface area contributed by atoms with Crippen molar-refractivity contribution >= 4 is 35.7 Å². The van der Waals surface area contributed by atoms with Crippen molar-refractivity contribution in [2.45, 2.75) is 38.9 Å². The van der Waals surface area contributed by atoms with E-state index in [4.69, 9.17) is 30.6 Å². The Morgan fingerprint density at radius 3 is 2.59 bits per heavy atom. The Hall–Kier alpha value is -1.74. The number of anilines is 1. The third kappa shape index (κ3) is 3.52. The summed E-state index contributed by atoms with van der Waals surface area (Å²) in [5.74, 6) is 1.54. The summed E-state index contributed by atoms with van der Waals surface area (Å²) >= 11 is 6.86. The van der Waals surface area contributed by atoms with Crippen LogP contribution in [0.2, 0.25) is 5.02 Å². The number of nitrogens with zero attached hydrogens (tertiary/aromatic N) is 3. The molecule has 0 saturated carbocycles. The SMILES string of the molecule is CN(C)CCN1C=COc2cc(B3OC(C)(C)C(C)(C)O3)c(Cl)c3c2C1=NCN3. The maximum Gasteiger partial charge on any atom is 0.496 e. The lowest BCUT2D eigenvalue weighted by Gasteiger charge is -2.32. The fourth-order valence-electron chi connectivity index (χ4n) is 3.52. The molecule has 3 aliphatic rings. The quantitative estimate of drug-likeness (QED) is 0.758. The van der Waals surface area contributed by atoms with Crippen molar-refractivity contribution in [3.8, 4) is 5.75 Å². The third-order valence-corrected chi connectivity index (χ3v) is 6.37. The number of hydrogen-bond donors (Lipinski definition) is 1. The molecule has 0 radical (unpaired) electrons. The first-order valence-corrected chi connectivity index (χ1v) is 10.2. The van der Waals surface area contributed by atoms with Crippen LogP contribution >= 0.6 is 11.6 Å². The van der Waals surface area contributed by atoms with Crippen molar-refractivity contribution in [2.75, 3.05) is 39.2 Å². The minimum atomic E-state index is -0.571. The lowest BCUT2D eigenvalue weighted by atomic mass is 9.77. The Labute approximate surface area is 177 Å². The molecule has 7 nitrogen and oxygen atoms in total. The number of aliphatic imine (C=N–C) groups is 1. The highest BCUT2D eigenvalue weighted by atomic mass is 35.5. The Morgan fingerprint density at radius 1 is 1.24 bits per heavy atom. The van der Waals surface area contributed by atoms with E-state index in [9.17, 15) is 0 Å². The lowest BCUT2D eigenvalue weighted by molar-refractivity contribution is 0.00578. The van der Waals surface area contributed by atoms with E-state index >= 15 is 0 Å². The van der Waals surface area contributed by atoms with Gasteiger partial charge in [-0.05, 0) is 47.9 Å². The monoisotopic (exact) mass is 418 g/mol. The predicted molar refractivity (Wildman–Crippen MR) is 117 cm³/mol. The molecular weight excluding hydrogens is 391 g/mol. The van der Waals surface area contributed by atoms with Gasteiger partial charge in [0.2, 0.25) is 0 Å². The first-order chi connectivity index (χ1) is 13.6. The van der Waals surface area contributed by atoms with Crippen molar-refractivity contribution < 1.29 is 14.0 Å². The number of hydrogen-bond acceptors (Lipinski definition) is 7. The van der Waals surface area contributed by atoms with Crippen LogP contribution in [0.15, 0.2) is 23.5 Å². The molecule has 29 heavy (non-hydrogen) atoms. The standard InChI is InChI=1S/C20H28BClN4O3/c1-19(2)20(3,4)29-21(28-19)13-11-14-15-17(16(13)22)23-12-24-18(15)26(9-10-27-14)8-7-25(5)6/h9-11,23H,7-8,12H2,1-6H3. The van der Waals surface area contributed by atoms with Gasteiger partial charge >= 0.3 is 7.12 Å². The van der Waals surface area contributed by atoms with Crippen LogP contribution in [-0.2, 0) is 9.31 Å². The minimum Gasteiger partial charge on any atom is -0.463 e. The molecular formula is C20H28BClN4O3.